The lowest BCUT2D eigenvalue weighted by molar-refractivity contribution is 1.44. The molecule has 1 radical (unpaired) electrons. The normalized spacial score (nSPS) is 7.00. The van der Waals surface area contributed by atoms with E-state index in [1.807, 2.05) is 0 Å². The van der Waals surface area contributed by atoms with Crippen molar-refractivity contribution in [3.8, 4) is 0 Å². The molecular formula is C4H3ClNS. The van der Waals surface area contributed by atoms with Crippen molar-refractivity contribution in [1.82, 2.24) is 0 Å². The van der Waals surface area contributed by atoms with Crippen molar-refractivity contribution in [1.29, 1.82) is 0 Å². The fourth-order valence-corrected chi connectivity index (χ4v) is 0.198. The number of halogens is 1. The number of thiocarbonyl (C=S) groups is 1. The lowest BCUT2D eigenvalue weighted by atomic mass is 10.6. The molecule has 1 nitrogen and oxygen atoms in total. The molecule has 0 rings (SSSR count). The van der Waals surface area contributed by atoms with E-state index in [2.05, 4.69) is 29.0 Å². The van der Waals surface area contributed by atoms with Gasteiger partial charge in [-0.25, -0.2) is 4.99 Å². The largest absolute Gasteiger partial charge is 0.221 e. The van der Waals surface area contributed by atoms with Crippen LogP contribution in [0.1, 0.15) is 0 Å². The summed E-state index contributed by atoms with van der Waals surface area (Å²) >= 11 is 9.45. The van der Waals surface area contributed by atoms with Crippen molar-refractivity contribution in [2.45, 2.75) is 0 Å². The zero-order valence-corrected chi connectivity index (χ0v) is 5.09. The molecule has 0 N–H and O–H groups in total. The summed E-state index contributed by atoms with van der Waals surface area (Å²) in [6.45, 7) is 4.65. The van der Waals surface area contributed by atoms with Crippen LogP contribution >= 0.6 is 23.8 Å². The molecule has 0 aromatic rings. The van der Waals surface area contributed by atoms with Crippen molar-refractivity contribution >= 4 is 29.0 Å². The second-order valence-corrected chi connectivity index (χ2v) is 1.46. The minimum absolute atomic E-state index is 0.359. The van der Waals surface area contributed by atoms with Gasteiger partial charge in [-0.2, -0.15) is 0 Å². The van der Waals surface area contributed by atoms with Gasteiger partial charge in [0.25, 0.3) is 0 Å². The summed E-state index contributed by atoms with van der Waals surface area (Å²) in [5.41, 5.74) is 0. The second kappa shape index (κ2) is 4.00. The van der Waals surface area contributed by atoms with Crippen molar-refractivity contribution in [2.75, 3.05) is 0 Å². The van der Waals surface area contributed by atoms with Gasteiger partial charge in [-0.3, -0.25) is 0 Å². The molecule has 0 spiro atoms. The van der Waals surface area contributed by atoms with E-state index in [1.165, 1.54) is 6.54 Å². The lowest BCUT2D eigenvalue weighted by Crippen LogP contribution is -1.61. The summed E-state index contributed by atoms with van der Waals surface area (Å²) < 4.78 is 0. The first-order chi connectivity index (χ1) is 3.27. The van der Waals surface area contributed by atoms with Gasteiger partial charge < -0.3 is 0 Å². The third-order valence-corrected chi connectivity index (χ3v) is 0.460. The Kier molecular flexibility index (Phi) is 3.90. The Morgan fingerprint density at radius 1 is 2.00 bits per heavy atom. The van der Waals surface area contributed by atoms with Gasteiger partial charge in [0, 0.05) is 5.03 Å². The van der Waals surface area contributed by atoms with E-state index < -0.39 is 0 Å². The zero-order valence-electron chi connectivity index (χ0n) is 3.52. The minimum atomic E-state index is 0.359. The van der Waals surface area contributed by atoms with Gasteiger partial charge in [0.15, 0.2) is 0 Å². The molecular weight excluding hydrogens is 130 g/mol. The predicted octanol–water partition coefficient (Wildman–Crippen LogP) is 2.00. The Morgan fingerprint density at radius 3 is 2.71 bits per heavy atom. The molecule has 0 aromatic heterocycles. The van der Waals surface area contributed by atoms with Gasteiger partial charge in [0.2, 0.25) is 0 Å². The molecule has 0 saturated carbocycles. The number of rotatable bonds is 2. The van der Waals surface area contributed by atoms with Crippen molar-refractivity contribution < 1.29 is 0 Å². The van der Waals surface area contributed by atoms with Crippen molar-refractivity contribution in [3.63, 3.8) is 0 Å². The van der Waals surface area contributed by atoms with Crippen LogP contribution in [0, 0.1) is 6.54 Å². The van der Waals surface area contributed by atoms with Gasteiger partial charge in [0.05, 0.1) is 5.16 Å². The quantitative estimate of drug-likeness (QED) is 0.414. The number of isothiocyanates is 1. The molecule has 3 heteroatoms. The van der Waals surface area contributed by atoms with E-state index in [4.69, 9.17) is 11.6 Å². The van der Waals surface area contributed by atoms with Crippen LogP contribution in [0.2, 0.25) is 0 Å². The Labute approximate surface area is 52.7 Å². The first kappa shape index (κ1) is 6.83. The Bertz CT molecular complexity index is 115. The van der Waals surface area contributed by atoms with Crippen LogP contribution in [0.15, 0.2) is 16.6 Å². The topological polar surface area (TPSA) is 12.4 Å². The fourth-order valence-electron chi connectivity index (χ4n) is 0.0964. The lowest BCUT2D eigenvalue weighted by Gasteiger charge is -1.77. The monoisotopic (exact) mass is 132 g/mol. The Hall–Kier alpha value is -0.170. The maximum atomic E-state index is 5.23. The molecule has 0 atom stereocenters. The molecule has 0 unspecified atom stereocenters. The molecule has 0 bridgehead atoms. The molecule has 0 fully saturated rings. The van der Waals surface area contributed by atoms with E-state index in [0.717, 1.165) is 0 Å². The maximum absolute atomic E-state index is 5.23. The second-order valence-electron chi connectivity index (χ2n) is 0.796. The highest BCUT2D eigenvalue weighted by atomic mass is 35.5. The third-order valence-electron chi connectivity index (χ3n) is 0.257. The average molecular weight is 133 g/mol. The first-order valence-corrected chi connectivity index (χ1v) is 2.30. The third kappa shape index (κ3) is 5.83. The predicted molar refractivity (Wildman–Crippen MR) is 34.3 cm³/mol. The van der Waals surface area contributed by atoms with Crippen molar-refractivity contribution in [3.05, 3.63) is 18.2 Å². The SMILES string of the molecule is C=C(Cl)[CH]N=C=S. The Balaban J connectivity index is 3.32. The van der Waals surface area contributed by atoms with Gasteiger partial charge in [-0.1, -0.05) is 18.2 Å². The van der Waals surface area contributed by atoms with E-state index >= 15 is 0 Å². The fraction of sp³-hybridized carbons (Fsp3) is 0. The summed E-state index contributed by atoms with van der Waals surface area (Å²) in [5, 5.41) is 2.47. The molecule has 0 aliphatic carbocycles. The summed E-state index contributed by atoms with van der Waals surface area (Å²) in [4.78, 5) is 3.38. The molecule has 37 valence electrons. The highest BCUT2D eigenvalue weighted by molar-refractivity contribution is 7.78. The van der Waals surface area contributed by atoms with Gasteiger partial charge >= 0.3 is 0 Å². The van der Waals surface area contributed by atoms with Crippen LogP contribution in [0.3, 0.4) is 0 Å². The van der Waals surface area contributed by atoms with Crippen LogP contribution in [-0.4, -0.2) is 5.16 Å². The summed E-state index contributed by atoms with van der Waals surface area (Å²) in [7, 11) is 0. The highest BCUT2D eigenvalue weighted by Gasteiger charge is 1.79. The summed E-state index contributed by atoms with van der Waals surface area (Å²) in [6.07, 6.45) is 0. The first-order valence-electron chi connectivity index (χ1n) is 1.52. The molecule has 0 aliphatic heterocycles. The molecule has 0 saturated heterocycles. The highest BCUT2D eigenvalue weighted by Crippen LogP contribution is 1.99. The van der Waals surface area contributed by atoms with E-state index in [9.17, 15) is 0 Å². The maximum Gasteiger partial charge on any atom is 0.123 e. The Morgan fingerprint density at radius 2 is 2.57 bits per heavy atom. The number of hydrogen-bond donors (Lipinski definition) is 0. The van der Waals surface area contributed by atoms with Crippen LogP contribution in [0.25, 0.3) is 0 Å². The van der Waals surface area contributed by atoms with Gasteiger partial charge in [-0.15, -0.1) is 0 Å². The molecule has 0 aromatic carbocycles. The zero-order chi connectivity index (χ0) is 5.70. The number of hydrogen-bond acceptors (Lipinski definition) is 2. The summed E-state index contributed by atoms with van der Waals surface area (Å²) in [5.74, 6) is 0. The van der Waals surface area contributed by atoms with E-state index in [1.54, 1.807) is 0 Å². The van der Waals surface area contributed by atoms with Crippen LogP contribution < -0.4 is 0 Å². The molecule has 0 heterocycles. The smallest absolute Gasteiger partial charge is 0.123 e. The van der Waals surface area contributed by atoms with Crippen LogP contribution in [-0.2, 0) is 0 Å². The van der Waals surface area contributed by atoms with E-state index in [0.29, 0.717) is 5.03 Å². The number of aliphatic imine (C=N–C) groups is 1. The molecule has 0 aliphatic rings. The van der Waals surface area contributed by atoms with Crippen LogP contribution in [0.4, 0.5) is 0 Å². The minimum Gasteiger partial charge on any atom is -0.221 e. The number of nitrogens with zero attached hydrogens (tertiary/aromatic N) is 1. The summed E-state index contributed by atoms with van der Waals surface area (Å²) in [6, 6.07) is 0. The van der Waals surface area contributed by atoms with Crippen LogP contribution in [0.5, 0.6) is 0 Å². The van der Waals surface area contributed by atoms with Gasteiger partial charge in [0.1, 0.15) is 6.54 Å². The molecule has 0 amide bonds. The van der Waals surface area contributed by atoms with E-state index in [-0.39, 0.29) is 0 Å². The standard InChI is InChI=1S/C4H3ClNS/c1-4(5)2-6-3-7/h2H,1H2. The average Bonchev–Trinajstić information content (AvgIpc) is 1.61. The van der Waals surface area contributed by atoms with Crippen molar-refractivity contribution in [2.24, 2.45) is 4.99 Å². The van der Waals surface area contributed by atoms with Gasteiger partial charge in [-0.05, 0) is 12.2 Å². The molecule has 7 heavy (non-hydrogen) atoms.